The molecule has 0 heterocycles. The molecule has 0 bridgehead atoms. The Hall–Kier alpha value is -1.51. The molecule has 76 valence electrons. The Morgan fingerprint density at radius 1 is 1.43 bits per heavy atom. The fourth-order valence-corrected chi connectivity index (χ4v) is 1.31. The number of amides is 1. The van der Waals surface area contributed by atoms with E-state index in [-0.39, 0.29) is 11.9 Å². The molecular formula is C11H16N2O. The smallest absolute Gasteiger partial charge is 0.239 e. The van der Waals surface area contributed by atoms with Gasteiger partial charge in [-0.2, -0.15) is 0 Å². The fraction of sp³-hybridized carbons (Fsp3) is 0.364. The molecule has 3 N–H and O–H groups in total. The van der Waals surface area contributed by atoms with E-state index in [1.165, 1.54) is 0 Å². The van der Waals surface area contributed by atoms with Crippen LogP contribution in [0.4, 0.5) is 5.69 Å². The van der Waals surface area contributed by atoms with E-state index in [1.807, 2.05) is 37.3 Å². The van der Waals surface area contributed by atoms with Crippen LogP contribution in [0, 0.1) is 0 Å². The zero-order chi connectivity index (χ0) is 10.4. The van der Waals surface area contributed by atoms with Gasteiger partial charge in [-0.05, 0) is 18.6 Å². The highest BCUT2D eigenvalue weighted by Gasteiger charge is 2.12. The summed E-state index contributed by atoms with van der Waals surface area (Å²) in [6.07, 6.45) is 1.71. The van der Waals surface area contributed by atoms with Gasteiger partial charge in [-0.25, -0.2) is 0 Å². The number of rotatable bonds is 5. The lowest BCUT2D eigenvalue weighted by Gasteiger charge is -2.15. The minimum atomic E-state index is -0.296. The van der Waals surface area contributed by atoms with Crippen molar-refractivity contribution in [2.75, 3.05) is 5.32 Å². The van der Waals surface area contributed by atoms with Gasteiger partial charge in [0.15, 0.2) is 0 Å². The molecule has 0 aromatic heterocycles. The molecule has 0 radical (unpaired) electrons. The molecule has 3 heteroatoms. The summed E-state index contributed by atoms with van der Waals surface area (Å²) >= 11 is 0. The van der Waals surface area contributed by atoms with E-state index in [0.717, 1.165) is 18.5 Å². The molecule has 0 aliphatic rings. The van der Waals surface area contributed by atoms with Crippen molar-refractivity contribution >= 4 is 11.6 Å². The van der Waals surface area contributed by atoms with Crippen molar-refractivity contribution in [2.24, 2.45) is 5.73 Å². The van der Waals surface area contributed by atoms with Gasteiger partial charge in [0, 0.05) is 5.69 Å². The van der Waals surface area contributed by atoms with Crippen LogP contribution >= 0.6 is 0 Å². The molecule has 14 heavy (non-hydrogen) atoms. The average Bonchev–Trinajstić information content (AvgIpc) is 2.18. The van der Waals surface area contributed by atoms with Gasteiger partial charge in [0.2, 0.25) is 5.91 Å². The Balaban J connectivity index is 2.60. The van der Waals surface area contributed by atoms with Crippen LogP contribution in [0.1, 0.15) is 19.8 Å². The van der Waals surface area contributed by atoms with Crippen molar-refractivity contribution in [3.05, 3.63) is 30.3 Å². The van der Waals surface area contributed by atoms with Crippen LogP contribution in [-0.4, -0.2) is 11.9 Å². The van der Waals surface area contributed by atoms with E-state index in [1.54, 1.807) is 0 Å². The van der Waals surface area contributed by atoms with Crippen molar-refractivity contribution < 1.29 is 4.79 Å². The van der Waals surface area contributed by atoms with Gasteiger partial charge in [0.1, 0.15) is 6.04 Å². The normalized spacial score (nSPS) is 12.1. The number of hydrogen-bond donors (Lipinski definition) is 2. The molecule has 1 atom stereocenters. The van der Waals surface area contributed by atoms with E-state index in [2.05, 4.69) is 5.32 Å². The van der Waals surface area contributed by atoms with Gasteiger partial charge in [0.05, 0.1) is 0 Å². The molecule has 1 aromatic rings. The second-order valence-electron chi connectivity index (χ2n) is 3.25. The van der Waals surface area contributed by atoms with E-state index in [9.17, 15) is 4.79 Å². The SMILES string of the molecule is CCC[C@@H](Nc1ccccc1)C(N)=O. The highest BCUT2D eigenvalue weighted by atomic mass is 16.1. The molecule has 1 aromatic carbocycles. The lowest BCUT2D eigenvalue weighted by molar-refractivity contribution is -0.118. The van der Waals surface area contributed by atoms with Crippen molar-refractivity contribution in [1.29, 1.82) is 0 Å². The van der Waals surface area contributed by atoms with Crippen LogP contribution < -0.4 is 11.1 Å². The Kier molecular flexibility index (Phi) is 3.98. The topological polar surface area (TPSA) is 55.1 Å². The Bertz CT molecular complexity index is 285. The predicted octanol–water partition coefficient (Wildman–Crippen LogP) is 1.75. The summed E-state index contributed by atoms with van der Waals surface area (Å²) in [7, 11) is 0. The molecular weight excluding hydrogens is 176 g/mol. The van der Waals surface area contributed by atoms with Crippen molar-refractivity contribution in [3.8, 4) is 0 Å². The Morgan fingerprint density at radius 2 is 2.07 bits per heavy atom. The number of benzene rings is 1. The Morgan fingerprint density at radius 3 is 2.57 bits per heavy atom. The molecule has 0 spiro atoms. The number of para-hydroxylation sites is 1. The molecule has 0 aliphatic carbocycles. The third-order valence-electron chi connectivity index (χ3n) is 2.04. The first-order valence-corrected chi connectivity index (χ1v) is 4.85. The zero-order valence-corrected chi connectivity index (χ0v) is 8.36. The number of nitrogens with two attached hydrogens (primary N) is 1. The maximum atomic E-state index is 11.1. The first kappa shape index (κ1) is 10.6. The summed E-state index contributed by atoms with van der Waals surface area (Å²) in [5.41, 5.74) is 6.20. The number of hydrogen-bond acceptors (Lipinski definition) is 2. The Labute approximate surface area is 84.3 Å². The van der Waals surface area contributed by atoms with Crippen molar-refractivity contribution in [3.63, 3.8) is 0 Å². The van der Waals surface area contributed by atoms with Gasteiger partial charge >= 0.3 is 0 Å². The van der Waals surface area contributed by atoms with E-state index >= 15 is 0 Å². The van der Waals surface area contributed by atoms with Crippen molar-refractivity contribution in [1.82, 2.24) is 0 Å². The number of carbonyl (C=O) groups is 1. The predicted molar refractivity (Wildman–Crippen MR) is 58.0 cm³/mol. The van der Waals surface area contributed by atoms with Crippen molar-refractivity contribution in [2.45, 2.75) is 25.8 Å². The molecule has 0 unspecified atom stereocenters. The summed E-state index contributed by atoms with van der Waals surface area (Å²) in [6.45, 7) is 2.03. The fourth-order valence-electron chi connectivity index (χ4n) is 1.31. The second-order valence-corrected chi connectivity index (χ2v) is 3.25. The third-order valence-corrected chi connectivity index (χ3v) is 2.04. The second kappa shape index (κ2) is 5.27. The number of primary amides is 1. The minimum absolute atomic E-state index is 0.262. The standard InChI is InChI=1S/C11H16N2O/c1-2-6-10(11(12)14)13-9-7-4-3-5-8-9/h3-5,7-8,10,13H,2,6H2,1H3,(H2,12,14)/t10-/m1/s1. The van der Waals surface area contributed by atoms with E-state index < -0.39 is 0 Å². The van der Waals surface area contributed by atoms with Gasteiger partial charge < -0.3 is 11.1 Å². The van der Waals surface area contributed by atoms with Crippen LogP contribution in [0.25, 0.3) is 0 Å². The zero-order valence-electron chi connectivity index (χ0n) is 8.36. The van der Waals surface area contributed by atoms with Gasteiger partial charge in [-0.15, -0.1) is 0 Å². The monoisotopic (exact) mass is 192 g/mol. The maximum absolute atomic E-state index is 11.1. The summed E-state index contributed by atoms with van der Waals surface area (Å²) in [4.78, 5) is 11.1. The minimum Gasteiger partial charge on any atom is -0.374 e. The summed E-state index contributed by atoms with van der Waals surface area (Å²) < 4.78 is 0. The summed E-state index contributed by atoms with van der Waals surface area (Å²) in [5.74, 6) is -0.296. The van der Waals surface area contributed by atoms with Crippen LogP contribution in [0.15, 0.2) is 30.3 Å². The summed E-state index contributed by atoms with van der Waals surface area (Å²) in [6, 6.07) is 9.36. The van der Waals surface area contributed by atoms with Crippen LogP contribution in [-0.2, 0) is 4.79 Å². The molecule has 0 aliphatic heterocycles. The largest absolute Gasteiger partial charge is 0.374 e. The molecule has 0 saturated carbocycles. The first-order valence-electron chi connectivity index (χ1n) is 4.85. The first-order chi connectivity index (χ1) is 6.74. The van der Waals surface area contributed by atoms with Gasteiger partial charge in [0.25, 0.3) is 0 Å². The maximum Gasteiger partial charge on any atom is 0.239 e. The van der Waals surface area contributed by atoms with Crippen LogP contribution in [0.2, 0.25) is 0 Å². The highest BCUT2D eigenvalue weighted by molar-refractivity contribution is 5.82. The average molecular weight is 192 g/mol. The van der Waals surface area contributed by atoms with Gasteiger partial charge in [-0.1, -0.05) is 31.5 Å². The van der Waals surface area contributed by atoms with E-state index in [4.69, 9.17) is 5.73 Å². The lowest BCUT2D eigenvalue weighted by Crippen LogP contribution is -2.35. The molecule has 3 nitrogen and oxygen atoms in total. The van der Waals surface area contributed by atoms with Gasteiger partial charge in [-0.3, -0.25) is 4.79 Å². The molecule has 0 fully saturated rings. The lowest BCUT2D eigenvalue weighted by atomic mass is 10.1. The highest BCUT2D eigenvalue weighted by Crippen LogP contribution is 2.09. The van der Waals surface area contributed by atoms with E-state index in [0.29, 0.717) is 0 Å². The molecule has 0 saturated heterocycles. The number of nitrogens with one attached hydrogen (secondary N) is 1. The summed E-state index contributed by atoms with van der Waals surface area (Å²) in [5, 5.41) is 3.10. The van der Waals surface area contributed by atoms with Crippen LogP contribution in [0.3, 0.4) is 0 Å². The number of anilines is 1. The number of carbonyl (C=O) groups excluding carboxylic acids is 1. The molecule has 1 amide bonds. The third kappa shape index (κ3) is 3.09. The quantitative estimate of drug-likeness (QED) is 0.746. The van der Waals surface area contributed by atoms with Crippen LogP contribution in [0.5, 0.6) is 0 Å². The molecule has 1 rings (SSSR count).